The topological polar surface area (TPSA) is 82.4 Å². The molecule has 24 heavy (non-hydrogen) atoms. The molecule has 0 saturated heterocycles. The van der Waals surface area contributed by atoms with Crippen LogP contribution in [0.3, 0.4) is 0 Å². The number of nitrogens with one attached hydrogen (secondary N) is 1. The minimum atomic E-state index is -3.62. The second-order valence-electron chi connectivity index (χ2n) is 5.60. The van der Waals surface area contributed by atoms with Crippen LogP contribution in [-0.4, -0.2) is 41.8 Å². The molecule has 1 aromatic rings. The average Bonchev–Trinajstić information content (AvgIpc) is 2.61. The lowest BCUT2D eigenvalue weighted by atomic mass is 10.1. The average molecular weight is 349 g/mol. The Morgan fingerprint density at radius 3 is 2.83 bits per heavy atom. The van der Waals surface area contributed by atoms with E-state index in [0.717, 1.165) is 19.4 Å². The summed E-state index contributed by atoms with van der Waals surface area (Å²) in [7, 11) is -1.99. The van der Waals surface area contributed by atoms with E-state index >= 15 is 0 Å². The van der Waals surface area contributed by atoms with Gasteiger partial charge in [-0.25, -0.2) is 13.1 Å². The van der Waals surface area contributed by atoms with E-state index in [0.29, 0.717) is 37.4 Å². The van der Waals surface area contributed by atoms with E-state index in [1.54, 1.807) is 19.2 Å². The number of nitriles is 1. The normalized spacial score (nSPS) is 14.6. The van der Waals surface area contributed by atoms with E-state index in [9.17, 15) is 8.42 Å². The lowest BCUT2D eigenvalue weighted by Crippen LogP contribution is -2.31. The minimum absolute atomic E-state index is 0.226. The third-order valence-electron chi connectivity index (χ3n) is 3.84. The second-order valence-corrected chi connectivity index (χ2v) is 7.33. The van der Waals surface area contributed by atoms with Gasteiger partial charge in [0.05, 0.1) is 17.3 Å². The zero-order chi connectivity index (χ0) is 17.4. The van der Waals surface area contributed by atoms with Gasteiger partial charge in [0.1, 0.15) is 4.90 Å². The Bertz CT molecular complexity index is 723. The first-order chi connectivity index (χ1) is 11.6. The van der Waals surface area contributed by atoms with E-state index in [1.807, 2.05) is 11.0 Å². The van der Waals surface area contributed by atoms with Gasteiger partial charge in [-0.15, -0.1) is 0 Å². The Balaban J connectivity index is 2.21. The van der Waals surface area contributed by atoms with Crippen LogP contribution in [0.25, 0.3) is 0 Å². The molecule has 0 aromatic heterocycles. The molecule has 6 nitrogen and oxygen atoms in total. The van der Waals surface area contributed by atoms with Crippen LogP contribution in [0.2, 0.25) is 0 Å². The van der Waals surface area contributed by atoms with Gasteiger partial charge in [0, 0.05) is 33.4 Å². The molecule has 1 aromatic carbocycles. The van der Waals surface area contributed by atoms with Crippen LogP contribution >= 0.6 is 0 Å². The molecule has 0 atom stereocenters. The van der Waals surface area contributed by atoms with Crippen LogP contribution in [0.1, 0.15) is 24.8 Å². The number of hydrogen-bond acceptors (Lipinski definition) is 5. The molecule has 2 rings (SSSR count). The quantitative estimate of drug-likeness (QED) is 0.573. The van der Waals surface area contributed by atoms with Crippen LogP contribution in [-0.2, 0) is 14.8 Å². The first kappa shape index (κ1) is 18.5. The molecular weight excluding hydrogens is 326 g/mol. The summed E-state index contributed by atoms with van der Waals surface area (Å²) >= 11 is 0. The molecule has 1 N–H and O–H groups in total. The molecule has 1 heterocycles. The zero-order valence-electron chi connectivity index (χ0n) is 13.9. The van der Waals surface area contributed by atoms with E-state index < -0.39 is 10.0 Å². The van der Waals surface area contributed by atoms with Crippen LogP contribution in [0.5, 0.6) is 0 Å². The molecule has 0 saturated carbocycles. The summed E-state index contributed by atoms with van der Waals surface area (Å²) in [6.07, 6.45) is 6.46. The van der Waals surface area contributed by atoms with Crippen LogP contribution in [0.15, 0.2) is 35.2 Å². The Morgan fingerprint density at radius 1 is 1.33 bits per heavy atom. The highest BCUT2D eigenvalue weighted by molar-refractivity contribution is 7.89. The monoisotopic (exact) mass is 349 g/mol. The van der Waals surface area contributed by atoms with Gasteiger partial charge in [0.15, 0.2) is 0 Å². The summed E-state index contributed by atoms with van der Waals surface area (Å²) < 4.78 is 32.9. The van der Waals surface area contributed by atoms with Crippen LogP contribution < -0.4 is 9.62 Å². The van der Waals surface area contributed by atoms with Crippen molar-refractivity contribution in [3.8, 4) is 6.07 Å². The van der Waals surface area contributed by atoms with Crippen molar-refractivity contribution < 1.29 is 13.2 Å². The lowest BCUT2D eigenvalue weighted by molar-refractivity contribution is 0.193. The van der Waals surface area contributed by atoms with E-state index in [1.165, 1.54) is 6.07 Å². The third kappa shape index (κ3) is 4.81. The standard InChI is InChI=1S/C17H23N3O3S/c1-23-12-6-3-9-19-24(21,22)17-8-7-15(14-18)13-16(17)20-10-4-2-5-11-20/h2,4,7-8,13,19H,3,5-6,9-12H2,1H3. The molecule has 0 spiro atoms. The second kappa shape index (κ2) is 8.83. The van der Waals surface area contributed by atoms with Crippen molar-refractivity contribution in [1.29, 1.82) is 5.26 Å². The van der Waals surface area contributed by atoms with E-state index in [2.05, 4.69) is 16.9 Å². The third-order valence-corrected chi connectivity index (χ3v) is 5.35. The minimum Gasteiger partial charge on any atom is -0.385 e. The molecule has 0 fully saturated rings. The van der Waals surface area contributed by atoms with Crippen molar-refractivity contribution in [2.45, 2.75) is 24.2 Å². The van der Waals surface area contributed by atoms with Gasteiger partial charge < -0.3 is 9.64 Å². The van der Waals surface area contributed by atoms with Gasteiger partial charge in [-0.05, 0) is 37.5 Å². The molecule has 130 valence electrons. The van der Waals surface area contributed by atoms with E-state index in [-0.39, 0.29) is 4.90 Å². The van der Waals surface area contributed by atoms with Crippen molar-refractivity contribution in [2.75, 3.05) is 38.3 Å². The summed E-state index contributed by atoms with van der Waals surface area (Å²) in [5, 5.41) is 9.12. The highest BCUT2D eigenvalue weighted by atomic mass is 32.2. The predicted octanol–water partition coefficient (Wildman–Crippen LogP) is 2.03. The molecule has 0 aliphatic carbocycles. The number of hydrogen-bond donors (Lipinski definition) is 1. The van der Waals surface area contributed by atoms with Crippen molar-refractivity contribution >= 4 is 15.7 Å². The highest BCUT2D eigenvalue weighted by Gasteiger charge is 2.22. The fourth-order valence-electron chi connectivity index (χ4n) is 2.58. The predicted molar refractivity (Wildman–Crippen MR) is 93.4 cm³/mol. The summed E-state index contributed by atoms with van der Waals surface area (Å²) in [6.45, 7) is 2.36. The Labute approximate surface area is 143 Å². The molecular formula is C17H23N3O3S. The summed E-state index contributed by atoms with van der Waals surface area (Å²) in [5.41, 5.74) is 1.04. The summed E-state index contributed by atoms with van der Waals surface area (Å²) in [4.78, 5) is 2.21. The molecule has 0 amide bonds. The molecule has 7 heteroatoms. The van der Waals surface area contributed by atoms with Gasteiger partial charge >= 0.3 is 0 Å². The van der Waals surface area contributed by atoms with Gasteiger partial charge in [-0.3, -0.25) is 0 Å². The fourth-order valence-corrected chi connectivity index (χ4v) is 3.86. The number of unbranched alkanes of at least 4 members (excludes halogenated alkanes) is 1. The number of ether oxygens (including phenoxy) is 1. The fraction of sp³-hybridized carbons (Fsp3) is 0.471. The van der Waals surface area contributed by atoms with Crippen LogP contribution in [0.4, 0.5) is 5.69 Å². The van der Waals surface area contributed by atoms with Gasteiger partial charge in [0.2, 0.25) is 10.0 Å². The maximum atomic E-state index is 12.7. The number of sulfonamides is 1. The van der Waals surface area contributed by atoms with Gasteiger partial charge in [-0.2, -0.15) is 5.26 Å². The molecule has 0 radical (unpaired) electrons. The van der Waals surface area contributed by atoms with Crippen molar-refractivity contribution in [3.05, 3.63) is 35.9 Å². The molecule has 0 bridgehead atoms. The van der Waals surface area contributed by atoms with Crippen molar-refractivity contribution in [1.82, 2.24) is 4.72 Å². The largest absolute Gasteiger partial charge is 0.385 e. The van der Waals surface area contributed by atoms with Crippen molar-refractivity contribution in [2.24, 2.45) is 0 Å². The maximum absolute atomic E-state index is 12.7. The summed E-state index contributed by atoms with van der Waals surface area (Å²) in [6, 6.07) is 6.79. The van der Waals surface area contributed by atoms with Crippen molar-refractivity contribution in [3.63, 3.8) is 0 Å². The Morgan fingerprint density at radius 2 is 2.17 bits per heavy atom. The summed E-state index contributed by atoms with van der Waals surface area (Å²) in [5.74, 6) is 0. The molecule has 1 aliphatic rings. The molecule has 1 aliphatic heterocycles. The number of rotatable bonds is 8. The smallest absolute Gasteiger partial charge is 0.242 e. The lowest BCUT2D eigenvalue weighted by Gasteiger charge is -2.27. The van der Waals surface area contributed by atoms with Gasteiger partial charge in [0.25, 0.3) is 0 Å². The Hall–Kier alpha value is -1.88. The first-order valence-corrected chi connectivity index (χ1v) is 9.49. The Kier molecular flexibility index (Phi) is 6.79. The SMILES string of the molecule is COCCCCNS(=O)(=O)c1ccc(C#N)cc1N1CC=CCC1. The van der Waals surface area contributed by atoms with E-state index in [4.69, 9.17) is 10.00 Å². The highest BCUT2D eigenvalue weighted by Crippen LogP contribution is 2.28. The van der Waals surface area contributed by atoms with Crippen LogP contribution in [0, 0.1) is 11.3 Å². The number of benzene rings is 1. The number of nitrogens with zero attached hydrogens (tertiary/aromatic N) is 2. The number of anilines is 1. The molecule has 0 unspecified atom stereocenters. The van der Waals surface area contributed by atoms with Gasteiger partial charge in [-0.1, -0.05) is 12.2 Å². The number of methoxy groups -OCH3 is 1. The maximum Gasteiger partial charge on any atom is 0.242 e. The zero-order valence-corrected chi connectivity index (χ0v) is 14.7. The first-order valence-electron chi connectivity index (χ1n) is 8.01.